The minimum atomic E-state index is -0.700. The number of hydrogen-bond donors (Lipinski definition) is 2. The molecule has 0 atom stereocenters. The first kappa shape index (κ1) is 16.0. The molecule has 0 bridgehead atoms. The Kier molecular flexibility index (Phi) is 3.87. The van der Waals surface area contributed by atoms with Crippen LogP contribution in [0.25, 0.3) is 0 Å². The lowest BCUT2D eigenvalue weighted by Crippen LogP contribution is -2.36. The third kappa shape index (κ3) is 2.82. The summed E-state index contributed by atoms with van der Waals surface area (Å²) in [5.41, 5.74) is 1.77. The third-order valence-corrected chi connectivity index (χ3v) is 5.63. The van der Waals surface area contributed by atoms with Gasteiger partial charge in [0.15, 0.2) is 0 Å². The Balaban J connectivity index is 2.10. The van der Waals surface area contributed by atoms with Gasteiger partial charge in [0.25, 0.3) is 0 Å². The predicted octanol–water partition coefficient (Wildman–Crippen LogP) is 3.41. The van der Waals surface area contributed by atoms with Crippen LogP contribution < -0.4 is 4.48 Å². The molecule has 1 aromatic carbocycles. The lowest BCUT2D eigenvalue weighted by Gasteiger charge is -2.31. The summed E-state index contributed by atoms with van der Waals surface area (Å²) in [5.74, 6) is 0. The van der Waals surface area contributed by atoms with Crippen LogP contribution in [0.4, 0.5) is 5.69 Å². The summed E-state index contributed by atoms with van der Waals surface area (Å²) in [6.45, 7) is 0. The van der Waals surface area contributed by atoms with Gasteiger partial charge in [0.2, 0.25) is 0 Å². The summed E-state index contributed by atoms with van der Waals surface area (Å²) < 4.78 is 0.701. The Labute approximate surface area is 134 Å². The average molecular weight is 304 g/mol. The number of benzene rings is 1. The fourth-order valence-electron chi connectivity index (χ4n) is 4.03. The van der Waals surface area contributed by atoms with E-state index < -0.39 is 11.2 Å². The first-order chi connectivity index (χ1) is 10.2. The van der Waals surface area contributed by atoms with Crippen molar-refractivity contribution >= 4 is 5.69 Å². The van der Waals surface area contributed by atoms with E-state index >= 15 is 0 Å². The first-order valence-corrected chi connectivity index (χ1v) is 8.66. The highest BCUT2D eigenvalue weighted by atomic mass is 16.3. The molecule has 0 saturated heterocycles. The lowest BCUT2D eigenvalue weighted by atomic mass is 9.85. The van der Waals surface area contributed by atoms with E-state index in [0.717, 1.165) is 68.2 Å². The fourth-order valence-corrected chi connectivity index (χ4v) is 4.03. The Bertz CT molecular complexity index is 507. The molecule has 0 aliphatic heterocycles. The van der Waals surface area contributed by atoms with Gasteiger partial charge in [0.05, 0.1) is 32.3 Å². The summed E-state index contributed by atoms with van der Waals surface area (Å²) >= 11 is 0. The molecule has 2 aliphatic rings. The third-order valence-electron chi connectivity index (χ3n) is 5.63. The van der Waals surface area contributed by atoms with E-state index in [9.17, 15) is 10.2 Å². The van der Waals surface area contributed by atoms with Crippen LogP contribution in [0.15, 0.2) is 18.2 Å². The molecule has 3 nitrogen and oxygen atoms in total. The molecule has 2 saturated carbocycles. The van der Waals surface area contributed by atoms with E-state index in [1.54, 1.807) is 0 Å². The van der Waals surface area contributed by atoms with Crippen molar-refractivity contribution in [1.82, 2.24) is 4.48 Å². The lowest BCUT2D eigenvalue weighted by molar-refractivity contribution is 0.0376. The van der Waals surface area contributed by atoms with Gasteiger partial charge < -0.3 is 10.2 Å². The zero-order valence-electron chi connectivity index (χ0n) is 14.2. The van der Waals surface area contributed by atoms with Crippen LogP contribution in [0.1, 0.15) is 62.5 Å². The molecule has 2 aliphatic carbocycles. The normalized spacial score (nSPS) is 23.9. The van der Waals surface area contributed by atoms with E-state index in [1.165, 1.54) is 0 Å². The monoisotopic (exact) mass is 304 g/mol. The van der Waals surface area contributed by atoms with Crippen molar-refractivity contribution in [3.05, 3.63) is 29.3 Å². The van der Waals surface area contributed by atoms with Gasteiger partial charge in [0, 0.05) is 12.1 Å². The molecule has 0 heterocycles. The van der Waals surface area contributed by atoms with Crippen LogP contribution in [-0.4, -0.2) is 31.4 Å². The second kappa shape index (κ2) is 5.33. The molecule has 0 aromatic heterocycles. The van der Waals surface area contributed by atoms with E-state index in [1.807, 2.05) is 0 Å². The summed E-state index contributed by atoms with van der Waals surface area (Å²) in [5, 5.41) is 22.0. The number of rotatable bonds is 3. The average Bonchev–Trinajstić information content (AvgIpc) is 3.08. The van der Waals surface area contributed by atoms with E-state index in [4.69, 9.17) is 0 Å². The van der Waals surface area contributed by atoms with Crippen LogP contribution >= 0.6 is 0 Å². The van der Waals surface area contributed by atoms with Crippen molar-refractivity contribution in [2.24, 2.45) is 0 Å². The number of nitrogens with zero attached hydrogens (tertiary/aromatic N) is 1. The van der Waals surface area contributed by atoms with Crippen molar-refractivity contribution in [1.29, 1.82) is 0 Å². The second-order valence-electron chi connectivity index (χ2n) is 8.26. The van der Waals surface area contributed by atoms with Crippen LogP contribution in [0.3, 0.4) is 0 Å². The van der Waals surface area contributed by atoms with Gasteiger partial charge >= 0.3 is 0 Å². The van der Waals surface area contributed by atoms with Gasteiger partial charge in [0.1, 0.15) is 5.69 Å². The fraction of sp³-hybridized carbons (Fsp3) is 0.684. The first-order valence-electron chi connectivity index (χ1n) is 8.66. The van der Waals surface area contributed by atoms with E-state index in [0.29, 0.717) is 4.48 Å². The van der Waals surface area contributed by atoms with Crippen molar-refractivity contribution in [3.63, 3.8) is 0 Å². The minimum absolute atomic E-state index is 0.700. The van der Waals surface area contributed by atoms with Gasteiger partial charge in [-0.1, -0.05) is 25.7 Å². The maximum atomic E-state index is 11.0. The maximum absolute atomic E-state index is 11.0. The van der Waals surface area contributed by atoms with E-state index in [-0.39, 0.29) is 0 Å². The van der Waals surface area contributed by atoms with Crippen LogP contribution in [0.5, 0.6) is 0 Å². The smallest absolute Gasteiger partial charge is 0.132 e. The van der Waals surface area contributed by atoms with Crippen LogP contribution in [0, 0.1) is 0 Å². The standard InChI is InChI=1S/C19H30NO2/c1-20(2,3)17-13-15(18(21)8-4-5-9-18)12-16(14-17)19(22)10-6-7-11-19/h12-14,21-22H,4-11H2,1-3H3/q+1. The highest BCUT2D eigenvalue weighted by Crippen LogP contribution is 2.44. The van der Waals surface area contributed by atoms with Crippen molar-refractivity contribution in [2.75, 3.05) is 21.1 Å². The highest BCUT2D eigenvalue weighted by molar-refractivity contribution is 5.50. The van der Waals surface area contributed by atoms with Crippen molar-refractivity contribution < 1.29 is 10.2 Å². The number of aliphatic hydroxyl groups is 2. The SMILES string of the molecule is C[N+](C)(C)c1cc(C2(O)CCCC2)cc(C2(O)CCCC2)c1. The van der Waals surface area contributed by atoms with E-state index in [2.05, 4.69) is 39.3 Å². The number of hydrogen-bond acceptors (Lipinski definition) is 2. The molecule has 0 unspecified atom stereocenters. The summed E-state index contributed by atoms with van der Waals surface area (Å²) in [6, 6.07) is 6.37. The highest BCUT2D eigenvalue weighted by Gasteiger charge is 2.38. The zero-order chi connectivity index (χ0) is 16.0. The Morgan fingerprint density at radius 3 is 1.41 bits per heavy atom. The largest absolute Gasteiger partial charge is 0.385 e. The minimum Gasteiger partial charge on any atom is -0.385 e. The molecule has 122 valence electrons. The molecule has 3 rings (SSSR count). The molecular weight excluding hydrogens is 274 g/mol. The summed E-state index contributed by atoms with van der Waals surface area (Å²) in [6.07, 6.45) is 7.71. The summed E-state index contributed by atoms with van der Waals surface area (Å²) in [4.78, 5) is 0. The topological polar surface area (TPSA) is 40.5 Å². The zero-order valence-corrected chi connectivity index (χ0v) is 14.2. The molecule has 2 fully saturated rings. The molecular formula is C19H30NO2+. The molecule has 3 heteroatoms. The van der Waals surface area contributed by atoms with Gasteiger partial charge in [-0.2, -0.15) is 0 Å². The number of quaternary nitrogens is 1. The Hall–Kier alpha value is -0.900. The van der Waals surface area contributed by atoms with Gasteiger partial charge in [-0.05, 0) is 42.9 Å². The molecule has 22 heavy (non-hydrogen) atoms. The molecule has 1 aromatic rings. The van der Waals surface area contributed by atoms with Crippen molar-refractivity contribution in [3.8, 4) is 0 Å². The molecule has 0 amide bonds. The molecule has 2 N–H and O–H groups in total. The summed E-state index contributed by atoms with van der Waals surface area (Å²) in [7, 11) is 6.42. The van der Waals surface area contributed by atoms with Gasteiger partial charge in [-0.25, -0.2) is 0 Å². The Morgan fingerprint density at radius 1 is 0.727 bits per heavy atom. The van der Waals surface area contributed by atoms with Crippen molar-refractivity contribution in [2.45, 2.75) is 62.6 Å². The Morgan fingerprint density at radius 2 is 1.09 bits per heavy atom. The quantitative estimate of drug-likeness (QED) is 0.840. The maximum Gasteiger partial charge on any atom is 0.132 e. The van der Waals surface area contributed by atoms with Crippen LogP contribution in [-0.2, 0) is 11.2 Å². The van der Waals surface area contributed by atoms with Gasteiger partial charge in [-0.15, -0.1) is 0 Å². The molecule has 0 radical (unpaired) electrons. The molecule has 0 spiro atoms. The van der Waals surface area contributed by atoms with Crippen LogP contribution in [0.2, 0.25) is 0 Å². The predicted molar refractivity (Wildman–Crippen MR) is 90.7 cm³/mol. The second-order valence-corrected chi connectivity index (χ2v) is 8.26. The van der Waals surface area contributed by atoms with Gasteiger partial charge in [-0.3, -0.25) is 4.48 Å².